The van der Waals surface area contributed by atoms with Gasteiger partial charge in [0.1, 0.15) is 0 Å². The van der Waals surface area contributed by atoms with Gasteiger partial charge in [-0.25, -0.2) is 0 Å². The summed E-state index contributed by atoms with van der Waals surface area (Å²) in [6.45, 7) is 1.90. The molecule has 14 heavy (non-hydrogen) atoms. The van der Waals surface area contributed by atoms with E-state index in [0.717, 1.165) is 32.3 Å². The van der Waals surface area contributed by atoms with Crippen LogP contribution in [0.4, 0.5) is 0 Å². The number of nitrogens with one attached hydrogen (secondary N) is 1. The topological polar surface area (TPSA) is 64.4 Å². The molecule has 0 aromatic carbocycles. The van der Waals surface area contributed by atoms with Crippen LogP contribution >= 0.6 is 0 Å². The maximum Gasteiger partial charge on any atom is 0.227 e. The predicted octanol–water partition coefficient (Wildman–Crippen LogP) is 0.0205. The molecule has 2 aliphatic rings. The van der Waals surface area contributed by atoms with Crippen molar-refractivity contribution >= 4 is 5.91 Å². The summed E-state index contributed by atoms with van der Waals surface area (Å²) < 4.78 is 5.21. The van der Waals surface area contributed by atoms with Gasteiger partial charge in [-0.15, -0.1) is 0 Å². The van der Waals surface area contributed by atoms with Gasteiger partial charge in [-0.2, -0.15) is 0 Å². The highest BCUT2D eigenvalue weighted by molar-refractivity contribution is 5.84. The van der Waals surface area contributed by atoms with Crippen molar-refractivity contribution in [3.63, 3.8) is 0 Å². The van der Waals surface area contributed by atoms with E-state index in [1.165, 1.54) is 0 Å². The second-order valence-electron chi connectivity index (χ2n) is 4.37. The molecule has 2 rings (SSSR count). The summed E-state index contributed by atoms with van der Waals surface area (Å²) in [7, 11) is 0. The highest BCUT2D eigenvalue weighted by Crippen LogP contribution is 2.40. The molecule has 4 heteroatoms. The van der Waals surface area contributed by atoms with Gasteiger partial charge in [0.25, 0.3) is 0 Å². The van der Waals surface area contributed by atoms with E-state index in [4.69, 9.17) is 10.5 Å². The number of hydrogen-bond acceptors (Lipinski definition) is 3. The van der Waals surface area contributed by atoms with E-state index in [0.29, 0.717) is 13.2 Å². The lowest BCUT2D eigenvalue weighted by Gasteiger charge is -2.39. The van der Waals surface area contributed by atoms with Crippen molar-refractivity contribution < 1.29 is 9.53 Å². The zero-order chi connectivity index (χ0) is 10.0. The molecule has 1 amide bonds. The summed E-state index contributed by atoms with van der Waals surface area (Å²) >= 11 is 0. The molecule has 1 unspecified atom stereocenters. The minimum absolute atomic E-state index is 0.141. The first kappa shape index (κ1) is 9.93. The largest absolute Gasteiger partial charge is 0.379 e. The SMILES string of the molecule is NCC1(C(=O)NC2CCOC2)CCC1. The van der Waals surface area contributed by atoms with E-state index in [2.05, 4.69) is 5.32 Å². The normalized spacial score (nSPS) is 29.6. The number of nitrogens with two attached hydrogens (primary N) is 1. The van der Waals surface area contributed by atoms with Crippen molar-refractivity contribution in [1.29, 1.82) is 0 Å². The minimum atomic E-state index is -0.247. The van der Waals surface area contributed by atoms with Gasteiger partial charge in [0.2, 0.25) is 5.91 Å². The first-order valence-corrected chi connectivity index (χ1v) is 5.36. The predicted molar refractivity (Wildman–Crippen MR) is 52.7 cm³/mol. The Morgan fingerprint density at radius 2 is 2.36 bits per heavy atom. The minimum Gasteiger partial charge on any atom is -0.379 e. The number of ether oxygens (including phenoxy) is 1. The molecule has 1 saturated heterocycles. The van der Waals surface area contributed by atoms with Crippen molar-refractivity contribution in [2.45, 2.75) is 31.7 Å². The summed E-state index contributed by atoms with van der Waals surface area (Å²) in [6, 6.07) is 0.214. The van der Waals surface area contributed by atoms with Gasteiger partial charge < -0.3 is 15.8 Å². The lowest BCUT2D eigenvalue weighted by atomic mass is 9.68. The molecular formula is C10H18N2O2. The molecule has 80 valence electrons. The zero-order valence-corrected chi connectivity index (χ0v) is 8.42. The molecule has 0 bridgehead atoms. The molecule has 1 heterocycles. The van der Waals surface area contributed by atoms with Gasteiger partial charge in [-0.05, 0) is 19.3 Å². The molecule has 4 nitrogen and oxygen atoms in total. The maximum atomic E-state index is 11.9. The first-order valence-electron chi connectivity index (χ1n) is 5.36. The Morgan fingerprint density at radius 3 is 2.79 bits per heavy atom. The van der Waals surface area contributed by atoms with E-state index < -0.39 is 0 Å². The molecule has 0 aromatic rings. The molecule has 1 saturated carbocycles. The van der Waals surface area contributed by atoms with E-state index in [9.17, 15) is 4.79 Å². The number of amides is 1. The fourth-order valence-electron chi connectivity index (χ4n) is 2.11. The van der Waals surface area contributed by atoms with Gasteiger partial charge in [0.15, 0.2) is 0 Å². The molecule has 1 aliphatic carbocycles. The third kappa shape index (κ3) is 1.64. The molecule has 0 spiro atoms. The van der Waals surface area contributed by atoms with Crippen LogP contribution in [-0.4, -0.2) is 31.7 Å². The molecule has 2 fully saturated rings. The van der Waals surface area contributed by atoms with Crippen LogP contribution in [-0.2, 0) is 9.53 Å². The van der Waals surface area contributed by atoms with Crippen LogP contribution in [0.2, 0.25) is 0 Å². The zero-order valence-electron chi connectivity index (χ0n) is 8.42. The van der Waals surface area contributed by atoms with Crippen molar-refractivity contribution in [2.75, 3.05) is 19.8 Å². The second kappa shape index (κ2) is 3.87. The quantitative estimate of drug-likeness (QED) is 0.672. The van der Waals surface area contributed by atoms with E-state index in [1.807, 2.05) is 0 Å². The molecule has 1 aliphatic heterocycles. The summed E-state index contributed by atoms with van der Waals surface area (Å²) in [5.74, 6) is 0.141. The average molecular weight is 198 g/mol. The van der Waals surface area contributed by atoms with E-state index >= 15 is 0 Å². The Kier molecular flexibility index (Phi) is 2.74. The first-order chi connectivity index (χ1) is 6.77. The fourth-order valence-corrected chi connectivity index (χ4v) is 2.11. The van der Waals surface area contributed by atoms with Crippen LogP contribution in [0.25, 0.3) is 0 Å². The lowest BCUT2D eigenvalue weighted by molar-refractivity contribution is -0.135. The lowest BCUT2D eigenvalue weighted by Crippen LogP contribution is -2.52. The van der Waals surface area contributed by atoms with E-state index in [-0.39, 0.29) is 17.4 Å². The molecule has 1 atom stereocenters. The van der Waals surface area contributed by atoms with Crippen molar-refractivity contribution in [1.82, 2.24) is 5.32 Å². The van der Waals surface area contributed by atoms with E-state index in [1.54, 1.807) is 0 Å². The Hall–Kier alpha value is -0.610. The fraction of sp³-hybridized carbons (Fsp3) is 0.900. The summed E-state index contributed by atoms with van der Waals surface area (Å²) in [4.78, 5) is 11.9. The average Bonchev–Trinajstić information content (AvgIpc) is 2.55. The Morgan fingerprint density at radius 1 is 1.57 bits per heavy atom. The van der Waals surface area contributed by atoms with Crippen molar-refractivity contribution in [3.8, 4) is 0 Å². The standard InChI is InChI=1S/C10H18N2O2/c11-7-10(3-1-4-10)9(13)12-8-2-5-14-6-8/h8H,1-7,11H2,(H,12,13). The highest BCUT2D eigenvalue weighted by atomic mass is 16.5. The molecular weight excluding hydrogens is 180 g/mol. The molecule has 0 radical (unpaired) electrons. The number of carbonyl (C=O) groups excluding carboxylic acids is 1. The van der Waals surface area contributed by atoms with Crippen LogP contribution in [0.3, 0.4) is 0 Å². The third-order valence-electron chi connectivity index (χ3n) is 3.45. The van der Waals surface area contributed by atoms with Gasteiger partial charge in [0.05, 0.1) is 18.1 Å². The van der Waals surface area contributed by atoms with Gasteiger partial charge >= 0.3 is 0 Å². The van der Waals surface area contributed by atoms with Crippen molar-refractivity contribution in [3.05, 3.63) is 0 Å². The number of rotatable bonds is 3. The Balaban J connectivity index is 1.87. The third-order valence-corrected chi connectivity index (χ3v) is 3.45. The summed E-state index contributed by atoms with van der Waals surface area (Å²) in [6.07, 6.45) is 3.96. The highest BCUT2D eigenvalue weighted by Gasteiger charge is 2.43. The number of carbonyl (C=O) groups is 1. The van der Waals surface area contributed by atoms with Crippen LogP contribution < -0.4 is 11.1 Å². The van der Waals surface area contributed by atoms with Gasteiger partial charge in [0, 0.05) is 13.2 Å². The second-order valence-corrected chi connectivity index (χ2v) is 4.37. The Labute approximate surface area is 84.2 Å². The van der Waals surface area contributed by atoms with Crippen LogP contribution in [0.1, 0.15) is 25.7 Å². The van der Waals surface area contributed by atoms with Gasteiger partial charge in [-0.3, -0.25) is 4.79 Å². The van der Waals surface area contributed by atoms with Gasteiger partial charge in [-0.1, -0.05) is 6.42 Å². The monoisotopic (exact) mass is 198 g/mol. The molecule has 3 N–H and O–H groups in total. The molecule has 0 aromatic heterocycles. The Bertz CT molecular complexity index is 215. The summed E-state index contributed by atoms with van der Waals surface area (Å²) in [5, 5.41) is 3.03. The summed E-state index contributed by atoms with van der Waals surface area (Å²) in [5.41, 5.74) is 5.40. The van der Waals surface area contributed by atoms with Crippen molar-refractivity contribution in [2.24, 2.45) is 11.1 Å². The number of hydrogen-bond donors (Lipinski definition) is 2. The van der Waals surface area contributed by atoms with Crippen LogP contribution in [0.5, 0.6) is 0 Å². The van der Waals surface area contributed by atoms with Crippen LogP contribution in [0, 0.1) is 5.41 Å². The van der Waals surface area contributed by atoms with Crippen LogP contribution in [0.15, 0.2) is 0 Å². The maximum absolute atomic E-state index is 11.9. The smallest absolute Gasteiger partial charge is 0.227 e.